The molecule has 2 N–H and O–H groups in total. The summed E-state index contributed by atoms with van der Waals surface area (Å²) in [5.74, 6) is -0.314. The summed E-state index contributed by atoms with van der Waals surface area (Å²) >= 11 is 12.1. The summed E-state index contributed by atoms with van der Waals surface area (Å²) in [5.41, 5.74) is 6.67. The molecule has 2 aromatic rings. The van der Waals surface area contributed by atoms with Gasteiger partial charge in [0, 0.05) is 21.1 Å². The SMILES string of the molecule is CC(N)(Cc1cc(Cl)ccc1Cl)c1ccccc1F. The maximum Gasteiger partial charge on any atom is 0.128 e. The van der Waals surface area contributed by atoms with Gasteiger partial charge in [-0.3, -0.25) is 0 Å². The molecule has 100 valence electrons. The first-order chi connectivity index (χ1) is 8.90. The first-order valence-corrected chi connectivity index (χ1v) is 6.63. The van der Waals surface area contributed by atoms with Crippen LogP contribution in [0.15, 0.2) is 42.5 Å². The van der Waals surface area contributed by atoms with Crippen molar-refractivity contribution >= 4 is 23.2 Å². The van der Waals surface area contributed by atoms with Gasteiger partial charge >= 0.3 is 0 Å². The molecule has 2 rings (SSSR count). The van der Waals surface area contributed by atoms with Crippen molar-refractivity contribution in [1.82, 2.24) is 0 Å². The Kier molecular flexibility index (Phi) is 4.14. The molecule has 0 fully saturated rings. The van der Waals surface area contributed by atoms with E-state index in [9.17, 15) is 4.39 Å². The van der Waals surface area contributed by atoms with Crippen molar-refractivity contribution < 1.29 is 4.39 Å². The third-order valence-electron chi connectivity index (χ3n) is 3.05. The Morgan fingerprint density at radius 3 is 2.53 bits per heavy atom. The average molecular weight is 298 g/mol. The zero-order valence-electron chi connectivity index (χ0n) is 10.5. The fourth-order valence-corrected chi connectivity index (χ4v) is 2.47. The van der Waals surface area contributed by atoms with Crippen molar-refractivity contribution in [3.63, 3.8) is 0 Å². The summed E-state index contributed by atoms with van der Waals surface area (Å²) in [7, 11) is 0. The lowest BCUT2D eigenvalue weighted by molar-refractivity contribution is 0.457. The highest BCUT2D eigenvalue weighted by Crippen LogP contribution is 2.29. The highest BCUT2D eigenvalue weighted by atomic mass is 35.5. The topological polar surface area (TPSA) is 26.0 Å². The average Bonchev–Trinajstić information content (AvgIpc) is 2.34. The maximum atomic E-state index is 13.8. The summed E-state index contributed by atoms with van der Waals surface area (Å²) in [6.07, 6.45) is 0.410. The fourth-order valence-electron chi connectivity index (χ4n) is 2.09. The van der Waals surface area contributed by atoms with Gasteiger partial charge in [-0.1, -0.05) is 41.4 Å². The van der Waals surface area contributed by atoms with Gasteiger partial charge in [0.15, 0.2) is 0 Å². The number of benzene rings is 2. The second-order valence-corrected chi connectivity index (χ2v) is 5.65. The minimum absolute atomic E-state index is 0.314. The van der Waals surface area contributed by atoms with Gasteiger partial charge < -0.3 is 5.73 Å². The smallest absolute Gasteiger partial charge is 0.128 e. The Hall–Kier alpha value is -1.09. The van der Waals surface area contributed by atoms with Crippen LogP contribution >= 0.6 is 23.2 Å². The van der Waals surface area contributed by atoms with E-state index in [0.717, 1.165) is 5.56 Å². The molecule has 4 heteroatoms. The molecule has 0 heterocycles. The van der Waals surface area contributed by atoms with E-state index in [-0.39, 0.29) is 5.82 Å². The molecule has 0 aromatic heterocycles. The Morgan fingerprint density at radius 2 is 1.84 bits per heavy atom. The van der Waals surface area contributed by atoms with Crippen LogP contribution in [0.3, 0.4) is 0 Å². The molecule has 0 bridgehead atoms. The predicted molar refractivity (Wildman–Crippen MR) is 78.1 cm³/mol. The van der Waals surface area contributed by atoms with Gasteiger partial charge in [0.2, 0.25) is 0 Å². The van der Waals surface area contributed by atoms with Crippen LogP contribution in [0.2, 0.25) is 10.0 Å². The largest absolute Gasteiger partial charge is 0.321 e. The van der Waals surface area contributed by atoms with Crippen molar-refractivity contribution in [2.24, 2.45) is 5.73 Å². The molecule has 0 saturated carbocycles. The maximum absolute atomic E-state index is 13.8. The lowest BCUT2D eigenvalue weighted by atomic mass is 9.86. The quantitative estimate of drug-likeness (QED) is 0.884. The Labute approximate surface area is 122 Å². The van der Waals surface area contributed by atoms with Crippen LogP contribution in [0.25, 0.3) is 0 Å². The van der Waals surface area contributed by atoms with Crippen LogP contribution in [0.5, 0.6) is 0 Å². The Morgan fingerprint density at radius 1 is 1.16 bits per heavy atom. The molecule has 0 aliphatic heterocycles. The monoisotopic (exact) mass is 297 g/mol. The van der Waals surface area contributed by atoms with Crippen LogP contribution in [0.1, 0.15) is 18.1 Å². The number of hydrogen-bond donors (Lipinski definition) is 1. The summed E-state index contributed by atoms with van der Waals surface area (Å²) in [6.45, 7) is 1.78. The lowest BCUT2D eigenvalue weighted by Crippen LogP contribution is -2.36. The number of rotatable bonds is 3. The van der Waals surface area contributed by atoms with E-state index in [2.05, 4.69) is 0 Å². The van der Waals surface area contributed by atoms with Crippen LogP contribution in [-0.2, 0) is 12.0 Å². The highest BCUT2D eigenvalue weighted by Gasteiger charge is 2.25. The zero-order valence-corrected chi connectivity index (χ0v) is 12.0. The van der Waals surface area contributed by atoms with Crippen molar-refractivity contribution in [3.05, 3.63) is 69.5 Å². The molecule has 0 aliphatic carbocycles. The fraction of sp³-hybridized carbons (Fsp3) is 0.200. The standard InChI is InChI=1S/C15H14Cl2FN/c1-15(19,12-4-2-3-5-14(12)18)9-10-8-11(16)6-7-13(10)17/h2-8H,9,19H2,1H3. The van der Waals surface area contributed by atoms with Gasteiger partial charge in [-0.2, -0.15) is 0 Å². The summed E-state index contributed by atoms with van der Waals surface area (Å²) in [5, 5.41) is 1.17. The van der Waals surface area contributed by atoms with E-state index in [1.54, 1.807) is 43.3 Å². The number of nitrogens with two attached hydrogens (primary N) is 1. The molecule has 19 heavy (non-hydrogen) atoms. The Balaban J connectivity index is 2.36. The Bertz CT molecular complexity index is 596. The van der Waals surface area contributed by atoms with Crippen LogP contribution < -0.4 is 5.73 Å². The van der Waals surface area contributed by atoms with E-state index >= 15 is 0 Å². The summed E-state index contributed by atoms with van der Waals surface area (Å²) in [6, 6.07) is 11.7. The number of halogens is 3. The molecule has 1 unspecified atom stereocenters. The van der Waals surface area contributed by atoms with Crippen molar-refractivity contribution in [2.75, 3.05) is 0 Å². The van der Waals surface area contributed by atoms with Crippen LogP contribution in [0, 0.1) is 5.82 Å². The van der Waals surface area contributed by atoms with Crippen LogP contribution in [-0.4, -0.2) is 0 Å². The van der Waals surface area contributed by atoms with Gasteiger partial charge in [-0.05, 0) is 43.2 Å². The van der Waals surface area contributed by atoms with Crippen molar-refractivity contribution in [3.8, 4) is 0 Å². The molecule has 0 aliphatic rings. The zero-order chi connectivity index (χ0) is 14.0. The van der Waals surface area contributed by atoms with E-state index in [4.69, 9.17) is 28.9 Å². The molecule has 0 spiro atoms. The second-order valence-electron chi connectivity index (χ2n) is 4.81. The lowest BCUT2D eigenvalue weighted by Gasteiger charge is -2.26. The van der Waals surface area contributed by atoms with Gasteiger partial charge in [0.1, 0.15) is 5.82 Å². The molecule has 0 amide bonds. The predicted octanol–water partition coefficient (Wildman–Crippen LogP) is 4.55. The third-order valence-corrected chi connectivity index (χ3v) is 3.66. The van der Waals surface area contributed by atoms with E-state index in [1.807, 2.05) is 0 Å². The normalized spacial score (nSPS) is 14.2. The molecule has 0 saturated heterocycles. The molecular formula is C15H14Cl2FN. The van der Waals surface area contributed by atoms with Crippen molar-refractivity contribution in [1.29, 1.82) is 0 Å². The van der Waals surface area contributed by atoms with E-state index < -0.39 is 5.54 Å². The van der Waals surface area contributed by atoms with Gasteiger partial charge in [0.25, 0.3) is 0 Å². The highest BCUT2D eigenvalue weighted by molar-refractivity contribution is 6.33. The summed E-state index contributed by atoms with van der Waals surface area (Å²) < 4.78 is 13.8. The minimum atomic E-state index is -0.848. The van der Waals surface area contributed by atoms with Crippen molar-refractivity contribution in [2.45, 2.75) is 18.9 Å². The van der Waals surface area contributed by atoms with Gasteiger partial charge in [-0.25, -0.2) is 4.39 Å². The van der Waals surface area contributed by atoms with Gasteiger partial charge in [0.05, 0.1) is 0 Å². The third kappa shape index (κ3) is 3.27. The molecule has 0 radical (unpaired) electrons. The number of hydrogen-bond acceptors (Lipinski definition) is 1. The van der Waals surface area contributed by atoms with E-state index in [1.165, 1.54) is 6.07 Å². The van der Waals surface area contributed by atoms with E-state index in [0.29, 0.717) is 22.0 Å². The minimum Gasteiger partial charge on any atom is -0.321 e. The molecule has 2 aromatic carbocycles. The van der Waals surface area contributed by atoms with Crippen LogP contribution in [0.4, 0.5) is 4.39 Å². The molecule has 1 nitrogen and oxygen atoms in total. The first-order valence-electron chi connectivity index (χ1n) is 5.88. The first kappa shape index (κ1) is 14.3. The molecular weight excluding hydrogens is 284 g/mol. The summed E-state index contributed by atoms with van der Waals surface area (Å²) in [4.78, 5) is 0. The van der Waals surface area contributed by atoms with Gasteiger partial charge in [-0.15, -0.1) is 0 Å². The molecule has 1 atom stereocenters. The second kappa shape index (κ2) is 5.49.